The third-order valence-corrected chi connectivity index (χ3v) is 4.13. The second-order valence-electron chi connectivity index (χ2n) is 5.55. The summed E-state index contributed by atoms with van der Waals surface area (Å²) in [5.41, 5.74) is 2.42. The van der Waals surface area contributed by atoms with Gasteiger partial charge >= 0.3 is 0 Å². The maximum atomic E-state index is 12.6. The van der Waals surface area contributed by atoms with Gasteiger partial charge in [0.05, 0.1) is 5.69 Å². The van der Waals surface area contributed by atoms with Crippen molar-refractivity contribution in [2.24, 2.45) is 5.92 Å². The summed E-state index contributed by atoms with van der Waals surface area (Å²) in [5.74, 6) is -0.158. The van der Waals surface area contributed by atoms with E-state index < -0.39 is 0 Å². The molecule has 3 rings (SSSR count). The molecule has 0 fully saturated rings. The van der Waals surface area contributed by atoms with Gasteiger partial charge in [0, 0.05) is 41.7 Å². The predicted octanol–water partition coefficient (Wildman–Crippen LogP) is 3.45. The van der Waals surface area contributed by atoms with Crippen LogP contribution in [0.25, 0.3) is 11.0 Å². The van der Waals surface area contributed by atoms with E-state index in [0.717, 1.165) is 22.4 Å². The zero-order chi connectivity index (χ0) is 16.4. The highest BCUT2D eigenvalue weighted by Gasteiger charge is 2.21. The van der Waals surface area contributed by atoms with E-state index in [0.29, 0.717) is 11.4 Å². The van der Waals surface area contributed by atoms with Crippen LogP contribution in [0.5, 0.6) is 0 Å². The van der Waals surface area contributed by atoms with Gasteiger partial charge in [-0.15, -0.1) is 0 Å². The van der Waals surface area contributed by atoms with E-state index in [1.54, 1.807) is 30.3 Å². The Hall–Kier alpha value is -2.40. The number of hydrogen-bond donors (Lipinski definition) is 1. The third kappa shape index (κ3) is 3.19. The second kappa shape index (κ2) is 6.38. The number of aromatic amines is 1. The van der Waals surface area contributed by atoms with Gasteiger partial charge < -0.3 is 4.90 Å². The number of nitrogens with zero attached hydrogens (tertiary/aromatic N) is 3. The van der Waals surface area contributed by atoms with E-state index in [4.69, 9.17) is 11.6 Å². The van der Waals surface area contributed by atoms with Crippen LogP contribution >= 0.6 is 11.6 Å². The number of aromatic nitrogens is 3. The van der Waals surface area contributed by atoms with Gasteiger partial charge in [0.2, 0.25) is 5.91 Å². The number of anilines is 1. The van der Waals surface area contributed by atoms with Gasteiger partial charge in [-0.25, -0.2) is 4.98 Å². The quantitative estimate of drug-likeness (QED) is 0.798. The Kier molecular flexibility index (Phi) is 4.30. The predicted molar refractivity (Wildman–Crippen MR) is 91.6 cm³/mol. The number of rotatable bonds is 4. The molecular weight excluding hydrogens is 312 g/mol. The Morgan fingerprint density at radius 2 is 2.04 bits per heavy atom. The lowest BCUT2D eigenvalue weighted by Crippen LogP contribution is -2.32. The minimum absolute atomic E-state index is 0.0346. The van der Waals surface area contributed by atoms with Crippen LogP contribution in [0, 0.1) is 5.92 Å². The SMILES string of the molecule is CC(Cc1n[nH]c2ncccc12)C(=O)N(C)c1ccc(Cl)cc1. The lowest BCUT2D eigenvalue weighted by Gasteiger charge is -2.21. The molecule has 3 aromatic rings. The average Bonchev–Trinajstić information content (AvgIpc) is 2.97. The highest BCUT2D eigenvalue weighted by Crippen LogP contribution is 2.21. The molecule has 0 saturated heterocycles. The zero-order valence-corrected chi connectivity index (χ0v) is 13.7. The van der Waals surface area contributed by atoms with E-state index in [1.807, 2.05) is 31.2 Å². The van der Waals surface area contributed by atoms with Crippen LogP contribution in [0.1, 0.15) is 12.6 Å². The normalized spacial score (nSPS) is 12.3. The van der Waals surface area contributed by atoms with Crippen molar-refractivity contribution in [2.75, 3.05) is 11.9 Å². The van der Waals surface area contributed by atoms with Crippen molar-refractivity contribution in [1.29, 1.82) is 0 Å². The van der Waals surface area contributed by atoms with Crippen LogP contribution < -0.4 is 4.90 Å². The second-order valence-corrected chi connectivity index (χ2v) is 5.99. The molecule has 0 spiro atoms. The Morgan fingerprint density at radius 1 is 1.30 bits per heavy atom. The smallest absolute Gasteiger partial charge is 0.229 e. The van der Waals surface area contributed by atoms with Gasteiger partial charge in [0.25, 0.3) is 0 Å². The number of amides is 1. The molecule has 2 aromatic heterocycles. The number of carbonyl (C=O) groups excluding carboxylic acids is 1. The summed E-state index contributed by atoms with van der Waals surface area (Å²) >= 11 is 5.89. The first-order chi connectivity index (χ1) is 11.1. The number of halogens is 1. The van der Waals surface area contributed by atoms with Crippen molar-refractivity contribution in [3.05, 3.63) is 53.3 Å². The Morgan fingerprint density at radius 3 is 2.78 bits per heavy atom. The standard InChI is InChI=1S/C17H17ClN4O/c1-11(10-15-14-4-3-9-19-16(14)21-20-15)17(23)22(2)13-7-5-12(18)6-8-13/h3-9,11H,10H2,1-2H3,(H,19,20,21). The zero-order valence-electron chi connectivity index (χ0n) is 13.0. The van der Waals surface area contributed by atoms with Gasteiger partial charge in [-0.05, 0) is 36.4 Å². The van der Waals surface area contributed by atoms with Crippen molar-refractivity contribution < 1.29 is 4.79 Å². The summed E-state index contributed by atoms with van der Waals surface area (Å²) in [6.45, 7) is 1.91. The molecule has 0 saturated carbocycles. The first kappa shape index (κ1) is 15.5. The number of nitrogens with one attached hydrogen (secondary N) is 1. The topological polar surface area (TPSA) is 61.9 Å². The molecular formula is C17H17ClN4O. The molecule has 1 N–H and O–H groups in total. The molecule has 1 unspecified atom stereocenters. The van der Waals surface area contributed by atoms with Crippen molar-refractivity contribution in [3.63, 3.8) is 0 Å². The van der Waals surface area contributed by atoms with Crippen LogP contribution in [0.2, 0.25) is 5.02 Å². The number of H-pyrrole nitrogens is 1. The number of benzene rings is 1. The molecule has 5 nitrogen and oxygen atoms in total. The Labute approximate surface area is 139 Å². The molecule has 6 heteroatoms. The molecule has 1 amide bonds. The van der Waals surface area contributed by atoms with Gasteiger partial charge in [-0.1, -0.05) is 18.5 Å². The van der Waals surface area contributed by atoms with Gasteiger partial charge in [-0.3, -0.25) is 9.89 Å². The summed E-state index contributed by atoms with van der Waals surface area (Å²) in [5, 5.41) is 8.80. The molecule has 2 heterocycles. The lowest BCUT2D eigenvalue weighted by molar-refractivity contribution is -0.121. The summed E-state index contributed by atoms with van der Waals surface area (Å²) in [6.07, 6.45) is 2.27. The summed E-state index contributed by atoms with van der Waals surface area (Å²) in [7, 11) is 1.77. The maximum absolute atomic E-state index is 12.6. The highest BCUT2D eigenvalue weighted by molar-refractivity contribution is 6.30. The van der Waals surface area contributed by atoms with E-state index >= 15 is 0 Å². The van der Waals surface area contributed by atoms with Crippen molar-refractivity contribution in [3.8, 4) is 0 Å². The minimum Gasteiger partial charge on any atom is -0.315 e. The minimum atomic E-state index is -0.192. The molecule has 118 valence electrons. The van der Waals surface area contributed by atoms with Crippen molar-refractivity contribution in [1.82, 2.24) is 15.2 Å². The van der Waals surface area contributed by atoms with Crippen molar-refractivity contribution >= 4 is 34.2 Å². The fourth-order valence-electron chi connectivity index (χ4n) is 2.56. The fourth-order valence-corrected chi connectivity index (χ4v) is 2.69. The molecule has 1 atom stereocenters. The van der Waals surface area contributed by atoms with Crippen LogP contribution in [0.4, 0.5) is 5.69 Å². The number of hydrogen-bond acceptors (Lipinski definition) is 3. The first-order valence-corrected chi connectivity index (χ1v) is 7.75. The number of carbonyl (C=O) groups is 1. The van der Waals surface area contributed by atoms with Crippen LogP contribution in [0.15, 0.2) is 42.6 Å². The average molecular weight is 329 g/mol. The van der Waals surface area contributed by atoms with Crippen LogP contribution in [-0.2, 0) is 11.2 Å². The summed E-state index contributed by atoms with van der Waals surface area (Å²) in [6, 6.07) is 11.0. The monoisotopic (exact) mass is 328 g/mol. The molecule has 0 aliphatic rings. The molecule has 0 aliphatic carbocycles. The van der Waals surface area contributed by atoms with Crippen LogP contribution in [-0.4, -0.2) is 28.1 Å². The van der Waals surface area contributed by atoms with Gasteiger partial charge in [0.1, 0.15) is 0 Å². The van der Waals surface area contributed by atoms with Gasteiger partial charge in [-0.2, -0.15) is 5.10 Å². The summed E-state index contributed by atoms with van der Waals surface area (Å²) < 4.78 is 0. The maximum Gasteiger partial charge on any atom is 0.229 e. The van der Waals surface area contributed by atoms with E-state index in [9.17, 15) is 4.79 Å². The first-order valence-electron chi connectivity index (χ1n) is 7.37. The molecule has 23 heavy (non-hydrogen) atoms. The Balaban J connectivity index is 1.75. The van der Waals surface area contributed by atoms with Gasteiger partial charge in [0.15, 0.2) is 5.65 Å². The van der Waals surface area contributed by atoms with E-state index in [2.05, 4.69) is 15.2 Å². The van der Waals surface area contributed by atoms with E-state index in [-0.39, 0.29) is 11.8 Å². The van der Waals surface area contributed by atoms with Crippen LogP contribution in [0.3, 0.4) is 0 Å². The Bertz CT molecular complexity index is 828. The largest absolute Gasteiger partial charge is 0.315 e. The molecule has 0 aliphatic heterocycles. The number of fused-ring (bicyclic) bond motifs is 1. The highest BCUT2D eigenvalue weighted by atomic mass is 35.5. The third-order valence-electron chi connectivity index (χ3n) is 3.88. The molecule has 0 bridgehead atoms. The number of pyridine rings is 1. The molecule has 0 radical (unpaired) electrons. The summed E-state index contributed by atoms with van der Waals surface area (Å²) in [4.78, 5) is 18.5. The van der Waals surface area contributed by atoms with E-state index in [1.165, 1.54) is 0 Å². The van der Waals surface area contributed by atoms with Crippen molar-refractivity contribution in [2.45, 2.75) is 13.3 Å². The fraction of sp³-hybridized carbons (Fsp3) is 0.235. The molecule has 1 aromatic carbocycles. The lowest BCUT2D eigenvalue weighted by atomic mass is 10.0.